The van der Waals surface area contributed by atoms with Gasteiger partial charge in [-0.1, -0.05) is 0 Å². The average Bonchev–Trinajstić information content (AvgIpc) is 3.39. The summed E-state index contributed by atoms with van der Waals surface area (Å²) in [7, 11) is 0. The van der Waals surface area contributed by atoms with Crippen molar-refractivity contribution >= 4 is 40.0 Å². The van der Waals surface area contributed by atoms with Crippen LogP contribution in [0.5, 0.6) is 0 Å². The SMILES string of the molecule is CC(C)n1ccc2cc(C(=O)Nc3ccc4c(c3)C(=O)N3CCC[C@@H]3C(=O)N4)ccc21. The number of nitrogens with one attached hydrogen (secondary N) is 2. The molecule has 2 aliphatic heterocycles. The molecule has 0 radical (unpaired) electrons. The minimum absolute atomic E-state index is 0.150. The van der Waals surface area contributed by atoms with Crippen LogP contribution in [0.25, 0.3) is 10.9 Å². The van der Waals surface area contributed by atoms with Crippen molar-refractivity contribution in [3.05, 3.63) is 59.8 Å². The van der Waals surface area contributed by atoms with Crippen LogP contribution in [0, 0.1) is 0 Å². The average molecular weight is 416 g/mol. The summed E-state index contributed by atoms with van der Waals surface area (Å²) in [4.78, 5) is 39.9. The Labute approximate surface area is 180 Å². The molecule has 0 saturated carbocycles. The molecule has 2 aliphatic rings. The van der Waals surface area contributed by atoms with Crippen LogP contribution in [0.3, 0.4) is 0 Å². The fraction of sp³-hybridized carbons (Fsp3) is 0.292. The van der Waals surface area contributed by atoms with E-state index in [-0.39, 0.29) is 17.7 Å². The van der Waals surface area contributed by atoms with E-state index in [1.165, 1.54) is 0 Å². The Morgan fingerprint density at radius 1 is 1.13 bits per heavy atom. The summed E-state index contributed by atoms with van der Waals surface area (Å²) in [5.74, 6) is -0.574. The van der Waals surface area contributed by atoms with Crippen molar-refractivity contribution in [2.45, 2.75) is 38.8 Å². The lowest BCUT2D eigenvalue weighted by Crippen LogP contribution is -2.40. The second kappa shape index (κ2) is 7.27. The number of nitrogens with zero attached hydrogens (tertiary/aromatic N) is 2. The number of carbonyl (C=O) groups is 3. The maximum atomic E-state index is 13.0. The zero-order valence-corrected chi connectivity index (χ0v) is 17.5. The van der Waals surface area contributed by atoms with Gasteiger partial charge in [0.15, 0.2) is 0 Å². The first-order valence-corrected chi connectivity index (χ1v) is 10.6. The summed E-state index contributed by atoms with van der Waals surface area (Å²) in [6.45, 7) is 4.81. The third-order valence-electron chi connectivity index (χ3n) is 6.12. The van der Waals surface area contributed by atoms with E-state index in [1.54, 1.807) is 29.2 Å². The smallest absolute Gasteiger partial charge is 0.256 e. The van der Waals surface area contributed by atoms with Gasteiger partial charge in [-0.15, -0.1) is 0 Å². The number of aromatic nitrogens is 1. The van der Waals surface area contributed by atoms with Gasteiger partial charge < -0.3 is 20.1 Å². The van der Waals surface area contributed by atoms with E-state index in [0.29, 0.717) is 41.5 Å². The maximum absolute atomic E-state index is 13.0. The Balaban J connectivity index is 1.41. The van der Waals surface area contributed by atoms with Gasteiger partial charge in [-0.2, -0.15) is 0 Å². The molecule has 7 heteroatoms. The summed E-state index contributed by atoms with van der Waals surface area (Å²) >= 11 is 0. The predicted molar refractivity (Wildman–Crippen MR) is 119 cm³/mol. The van der Waals surface area contributed by atoms with Crippen molar-refractivity contribution in [3.63, 3.8) is 0 Å². The van der Waals surface area contributed by atoms with E-state index in [9.17, 15) is 14.4 Å². The molecule has 7 nitrogen and oxygen atoms in total. The number of benzene rings is 2. The summed E-state index contributed by atoms with van der Waals surface area (Å²) in [5, 5.41) is 6.74. The highest BCUT2D eigenvalue weighted by Crippen LogP contribution is 2.30. The van der Waals surface area contributed by atoms with E-state index in [0.717, 1.165) is 17.3 Å². The molecule has 2 aromatic carbocycles. The molecule has 1 saturated heterocycles. The van der Waals surface area contributed by atoms with Gasteiger partial charge in [-0.25, -0.2) is 0 Å². The number of hydrogen-bond acceptors (Lipinski definition) is 3. The molecule has 3 aromatic rings. The van der Waals surface area contributed by atoms with E-state index >= 15 is 0 Å². The number of carbonyl (C=O) groups excluding carboxylic acids is 3. The molecular weight excluding hydrogens is 392 g/mol. The van der Waals surface area contributed by atoms with Gasteiger partial charge in [0.1, 0.15) is 6.04 Å². The number of anilines is 2. The second-order valence-corrected chi connectivity index (χ2v) is 8.45. The zero-order chi connectivity index (χ0) is 21.7. The van der Waals surface area contributed by atoms with Crippen LogP contribution in [-0.2, 0) is 4.79 Å². The summed E-state index contributed by atoms with van der Waals surface area (Å²) < 4.78 is 2.16. The first-order chi connectivity index (χ1) is 14.9. The largest absolute Gasteiger partial charge is 0.345 e. The minimum atomic E-state index is -0.414. The molecule has 1 aromatic heterocycles. The van der Waals surface area contributed by atoms with Gasteiger partial charge in [0.05, 0.1) is 11.3 Å². The quantitative estimate of drug-likeness (QED) is 0.676. The topological polar surface area (TPSA) is 83.4 Å². The molecule has 158 valence electrons. The molecule has 1 atom stereocenters. The van der Waals surface area contributed by atoms with Crippen LogP contribution in [0.15, 0.2) is 48.7 Å². The van der Waals surface area contributed by atoms with Gasteiger partial charge in [-0.3, -0.25) is 14.4 Å². The van der Waals surface area contributed by atoms with E-state index in [2.05, 4.69) is 29.0 Å². The first-order valence-electron chi connectivity index (χ1n) is 10.6. The summed E-state index contributed by atoms with van der Waals surface area (Å²) in [6, 6.07) is 12.6. The van der Waals surface area contributed by atoms with Crippen LogP contribution in [0.4, 0.5) is 11.4 Å². The van der Waals surface area contributed by atoms with Gasteiger partial charge in [0.25, 0.3) is 11.8 Å². The van der Waals surface area contributed by atoms with E-state index < -0.39 is 6.04 Å². The predicted octanol–water partition coefficient (Wildman–Crippen LogP) is 4.03. The summed E-state index contributed by atoms with van der Waals surface area (Å²) in [6.07, 6.45) is 3.52. The molecule has 3 amide bonds. The second-order valence-electron chi connectivity index (χ2n) is 8.45. The Kier molecular flexibility index (Phi) is 4.54. The van der Waals surface area contributed by atoms with Crippen molar-refractivity contribution in [2.75, 3.05) is 17.2 Å². The van der Waals surface area contributed by atoms with E-state index in [1.807, 2.05) is 24.4 Å². The van der Waals surface area contributed by atoms with Gasteiger partial charge in [0, 0.05) is 40.9 Å². The monoisotopic (exact) mass is 416 g/mol. The third-order valence-corrected chi connectivity index (χ3v) is 6.12. The normalized spacial score (nSPS) is 18.0. The molecule has 3 heterocycles. The number of amides is 3. The van der Waals surface area contributed by atoms with Crippen molar-refractivity contribution in [1.29, 1.82) is 0 Å². The van der Waals surface area contributed by atoms with E-state index in [4.69, 9.17) is 0 Å². The molecule has 5 rings (SSSR count). The van der Waals surface area contributed by atoms with Gasteiger partial charge in [0.2, 0.25) is 5.91 Å². The number of hydrogen-bond donors (Lipinski definition) is 2. The molecule has 0 aliphatic carbocycles. The van der Waals surface area contributed by atoms with Gasteiger partial charge >= 0.3 is 0 Å². The Hall–Kier alpha value is -3.61. The maximum Gasteiger partial charge on any atom is 0.256 e. The Morgan fingerprint density at radius 2 is 1.97 bits per heavy atom. The number of fused-ring (bicyclic) bond motifs is 3. The van der Waals surface area contributed by atoms with Crippen molar-refractivity contribution in [2.24, 2.45) is 0 Å². The fourth-order valence-electron chi connectivity index (χ4n) is 4.52. The molecule has 2 N–H and O–H groups in total. The molecule has 0 unspecified atom stereocenters. The molecule has 1 fully saturated rings. The van der Waals surface area contributed by atoms with Crippen molar-refractivity contribution < 1.29 is 14.4 Å². The number of rotatable bonds is 3. The highest BCUT2D eigenvalue weighted by atomic mass is 16.2. The van der Waals surface area contributed by atoms with Crippen LogP contribution >= 0.6 is 0 Å². The lowest BCUT2D eigenvalue weighted by Gasteiger charge is -2.20. The highest BCUT2D eigenvalue weighted by molar-refractivity contribution is 6.12. The first kappa shape index (κ1) is 19.4. The minimum Gasteiger partial charge on any atom is -0.345 e. The molecular formula is C24H24N4O3. The Bertz CT molecular complexity index is 1230. The lowest BCUT2D eigenvalue weighted by atomic mass is 10.1. The van der Waals surface area contributed by atoms with Crippen LogP contribution in [0.1, 0.15) is 53.4 Å². The van der Waals surface area contributed by atoms with Crippen LogP contribution in [0.2, 0.25) is 0 Å². The standard InChI is InChI=1S/C24H24N4O3/c1-14(2)27-11-9-15-12-16(5-8-20(15)27)22(29)25-17-6-7-19-18(13-17)24(31)28-10-3-4-21(28)23(30)26-19/h5-9,11-14,21H,3-4,10H2,1-2H3,(H,25,29)(H,26,30)/t21-/m1/s1. The highest BCUT2D eigenvalue weighted by Gasteiger charge is 2.38. The van der Waals surface area contributed by atoms with Crippen LogP contribution in [-0.4, -0.2) is 39.8 Å². The van der Waals surface area contributed by atoms with Gasteiger partial charge in [-0.05, 0) is 69.2 Å². The van der Waals surface area contributed by atoms with Crippen LogP contribution < -0.4 is 10.6 Å². The third kappa shape index (κ3) is 3.26. The summed E-state index contributed by atoms with van der Waals surface area (Å²) in [5.41, 5.74) is 3.03. The molecule has 31 heavy (non-hydrogen) atoms. The lowest BCUT2D eigenvalue weighted by molar-refractivity contribution is -0.119. The van der Waals surface area contributed by atoms with Crippen molar-refractivity contribution in [1.82, 2.24) is 9.47 Å². The fourth-order valence-corrected chi connectivity index (χ4v) is 4.52. The van der Waals surface area contributed by atoms with Crippen molar-refractivity contribution in [3.8, 4) is 0 Å². The Morgan fingerprint density at radius 3 is 2.77 bits per heavy atom. The molecule has 0 spiro atoms. The molecule has 0 bridgehead atoms. The zero-order valence-electron chi connectivity index (χ0n) is 17.5.